The third kappa shape index (κ3) is 3.96. The number of nitrogens with one attached hydrogen (secondary N) is 2. The Morgan fingerprint density at radius 3 is 2.88 bits per heavy atom. The van der Waals surface area contributed by atoms with E-state index in [2.05, 4.69) is 49.3 Å². The molecule has 0 unspecified atom stereocenters. The summed E-state index contributed by atoms with van der Waals surface area (Å²) in [5, 5.41) is 2.96. The average Bonchev–Trinajstić information content (AvgIpc) is 3.37. The number of benzene rings is 1. The molecule has 0 saturated heterocycles. The molecule has 1 aromatic carbocycles. The molecule has 0 atom stereocenters. The molecule has 3 heterocycles. The Morgan fingerprint density at radius 1 is 1.28 bits per heavy atom. The van der Waals surface area contributed by atoms with Gasteiger partial charge in [-0.1, -0.05) is 0 Å². The fourth-order valence-corrected chi connectivity index (χ4v) is 3.92. The van der Waals surface area contributed by atoms with E-state index in [-0.39, 0.29) is 17.4 Å². The maximum absolute atomic E-state index is 12.9. The van der Waals surface area contributed by atoms with Gasteiger partial charge in [0.15, 0.2) is 28.2 Å². The Kier molecular flexibility index (Phi) is 6.22. The third-order valence-corrected chi connectivity index (χ3v) is 5.43. The molecule has 10 nitrogen and oxygen atoms in total. The van der Waals surface area contributed by atoms with Gasteiger partial charge in [0.2, 0.25) is 0 Å². The largest absolute Gasteiger partial charge is 0.493 e. The zero-order valence-corrected chi connectivity index (χ0v) is 18.4. The zero-order chi connectivity index (χ0) is 22.7. The molecule has 168 valence electrons. The number of carbonyl (C=O) groups is 1. The van der Waals surface area contributed by atoms with E-state index in [1.807, 2.05) is 12.1 Å². The molecule has 0 aliphatic carbocycles. The highest BCUT2D eigenvalue weighted by Gasteiger charge is 2.25. The number of rotatable bonds is 9. The highest BCUT2D eigenvalue weighted by Crippen LogP contribution is 2.22. The van der Waals surface area contributed by atoms with Crippen LogP contribution in [0.2, 0.25) is 0 Å². The van der Waals surface area contributed by atoms with Crippen molar-refractivity contribution in [2.75, 3.05) is 18.9 Å². The van der Waals surface area contributed by atoms with Crippen molar-refractivity contribution in [3.05, 3.63) is 42.0 Å². The van der Waals surface area contributed by atoms with Crippen LogP contribution < -0.4 is 26.1 Å². The fraction of sp³-hybridized carbons (Fsp3) is 0.364. The molecule has 32 heavy (non-hydrogen) atoms. The van der Waals surface area contributed by atoms with Gasteiger partial charge in [0.05, 0.1) is 19.7 Å². The first-order valence-electron chi connectivity index (χ1n) is 10.8. The minimum absolute atomic E-state index is 0.0936. The number of nitrogens with zero attached hydrogens (tertiary/aromatic N) is 4. The number of fused-ring (bicyclic) bond motifs is 2. The first kappa shape index (κ1) is 21.6. The van der Waals surface area contributed by atoms with Gasteiger partial charge in [0, 0.05) is 12.3 Å². The second-order valence-electron chi connectivity index (χ2n) is 7.40. The van der Waals surface area contributed by atoms with E-state index in [0.29, 0.717) is 30.9 Å². The van der Waals surface area contributed by atoms with Crippen molar-refractivity contribution in [2.45, 2.75) is 39.9 Å². The number of nitrogen functional groups attached to an aromatic ring is 1. The van der Waals surface area contributed by atoms with E-state index < -0.39 is 0 Å². The zero-order valence-electron chi connectivity index (χ0n) is 18.4. The Balaban J connectivity index is 1.62. The van der Waals surface area contributed by atoms with Gasteiger partial charge in [-0.25, -0.2) is 19.1 Å². The Hall–Kier alpha value is -3.66. The van der Waals surface area contributed by atoms with Crippen molar-refractivity contribution < 1.29 is 14.1 Å². The number of hydrogen-bond acceptors (Lipinski definition) is 6. The first-order valence-corrected chi connectivity index (χ1v) is 10.8. The quantitative estimate of drug-likeness (QED) is 0.231. The molecule has 0 bridgehead atoms. The van der Waals surface area contributed by atoms with Crippen LogP contribution in [0.4, 0.5) is 5.82 Å². The maximum atomic E-state index is 12.9. The molecule has 3 aromatic heterocycles. The molecule has 10 heteroatoms. The number of amides is 1. The number of ether oxygens (including phenoxy) is 1. The molecular weight excluding hydrogens is 408 g/mol. The number of imidazole rings is 1. The van der Waals surface area contributed by atoms with Gasteiger partial charge in [0.25, 0.3) is 11.7 Å². The van der Waals surface area contributed by atoms with Crippen LogP contribution in [-0.2, 0) is 19.6 Å². The number of anilines is 1. The predicted octanol–water partition coefficient (Wildman–Crippen LogP) is 1.48. The van der Waals surface area contributed by atoms with Crippen LogP contribution in [0.15, 0.2) is 30.5 Å². The van der Waals surface area contributed by atoms with Gasteiger partial charge in [-0.15, -0.1) is 0 Å². The Bertz CT molecular complexity index is 1260. The molecule has 0 aliphatic rings. The summed E-state index contributed by atoms with van der Waals surface area (Å²) in [6, 6.07) is 7.81. The van der Waals surface area contributed by atoms with Gasteiger partial charge >= 0.3 is 0 Å². The summed E-state index contributed by atoms with van der Waals surface area (Å²) in [4.78, 5) is 24.4. The topological polar surface area (TPSA) is 141 Å². The minimum atomic E-state index is -0.362. The first-order chi connectivity index (χ1) is 15.6. The van der Waals surface area contributed by atoms with Crippen LogP contribution in [0.1, 0.15) is 36.6 Å². The second kappa shape index (κ2) is 9.23. The van der Waals surface area contributed by atoms with Crippen molar-refractivity contribution in [1.82, 2.24) is 24.8 Å². The number of aromatic amines is 1. The number of aromatic nitrogens is 5. The van der Waals surface area contributed by atoms with Gasteiger partial charge in [-0.05, 0) is 45.0 Å². The third-order valence-electron chi connectivity index (χ3n) is 5.43. The smallest absolute Gasteiger partial charge is 0.277 e. The summed E-state index contributed by atoms with van der Waals surface area (Å²) in [7, 11) is 0. The summed E-state index contributed by atoms with van der Waals surface area (Å²) >= 11 is 0. The average molecular weight is 438 g/mol. The van der Waals surface area contributed by atoms with E-state index in [9.17, 15) is 4.79 Å². The van der Waals surface area contributed by atoms with Gasteiger partial charge in [-0.3, -0.25) is 4.79 Å². The van der Waals surface area contributed by atoms with Crippen molar-refractivity contribution in [2.24, 2.45) is 5.73 Å². The summed E-state index contributed by atoms with van der Waals surface area (Å²) in [5.74, 6) is 1.52. The summed E-state index contributed by atoms with van der Waals surface area (Å²) in [5.41, 5.74) is 14.9. The van der Waals surface area contributed by atoms with E-state index in [0.717, 1.165) is 42.1 Å². The van der Waals surface area contributed by atoms with E-state index in [4.69, 9.17) is 16.2 Å². The lowest BCUT2D eigenvalue weighted by atomic mass is 10.3. The van der Waals surface area contributed by atoms with Gasteiger partial charge in [-0.2, -0.15) is 0 Å². The Labute approximate surface area is 185 Å². The summed E-state index contributed by atoms with van der Waals surface area (Å²) < 4.78 is 10.2. The normalized spacial score (nSPS) is 11.3. The monoisotopic (exact) mass is 437 g/mol. The van der Waals surface area contributed by atoms with Crippen LogP contribution in [0.3, 0.4) is 0 Å². The standard InChI is InChI=1S/C22H28N8O2/c1-3-29-16-7-6-14(32-11-5-9-23)12-17(16)30(4-2)18(29)13-26-22(31)19-20(24)28-21-15(27-19)8-10-25-21/h6-8,10,12H,3-5,9,11,13,23H2,1-2H3,(H3-,24,25,26,27,28,31)/p+1. The van der Waals surface area contributed by atoms with Crippen molar-refractivity contribution >= 4 is 33.9 Å². The highest BCUT2D eigenvalue weighted by molar-refractivity contribution is 5.98. The molecule has 0 radical (unpaired) electrons. The maximum Gasteiger partial charge on any atom is 0.277 e. The van der Waals surface area contributed by atoms with E-state index in [1.165, 1.54) is 0 Å². The highest BCUT2D eigenvalue weighted by atomic mass is 16.5. The minimum Gasteiger partial charge on any atom is -0.493 e. The van der Waals surface area contributed by atoms with Crippen LogP contribution in [0.25, 0.3) is 22.2 Å². The number of nitrogens with two attached hydrogens (primary N) is 2. The molecule has 4 aromatic rings. The lowest BCUT2D eigenvalue weighted by Crippen LogP contribution is -2.40. The van der Waals surface area contributed by atoms with E-state index in [1.54, 1.807) is 12.3 Å². The Morgan fingerprint density at radius 2 is 2.12 bits per heavy atom. The molecule has 0 aliphatic heterocycles. The second-order valence-corrected chi connectivity index (χ2v) is 7.40. The molecule has 0 saturated carbocycles. The van der Waals surface area contributed by atoms with Gasteiger partial charge < -0.3 is 26.5 Å². The van der Waals surface area contributed by atoms with Gasteiger partial charge in [0.1, 0.15) is 17.8 Å². The number of hydrogen-bond donors (Lipinski definition) is 4. The van der Waals surface area contributed by atoms with E-state index >= 15 is 0 Å². The molecular formula is C22H29N8O2+. The van der Waals surface area contributed by atoms with Crippen LogP contribution in [0.5, 0.6) is 5.75 Å². The summed E-state index contributed by atoms with van der Waals surface area (Å²) in [6.45, 7) is 7.18. The number of aryl methyl sites for hydroxylation is 2. The SMILES string of the molecule is CCn1c(CNC(=O)c2nc3cc[nH]c3nc2N)[n+](CC)c2ccc(OCCCN)cc21. The van der Waals surface area contributed by atoms with Crippen LogP contribution in [0, 0.1) is 0 Å². The molecule has 0 spiro atoms. The van der Waals surface area contributed by atoms with Crippen LogP contribution in [-0.4, -0.2) is 38.6 Å². The predicted molar refractivity (Wildman–Crippen MR) is 122 cm³/mol. The van der Waals surface area contributed by atoms with Crippen molar-refractivity contribution in [3.8, 4) is 5.75 Å². The van der Waals surface area contributed by atoms with Crippen molar-refractivity contribution in [1.29, 1.82) is 0 Å². The molecule has 4 rings (SSSR count). The number of H-pyrrole nitrogens is 1. The fourth-order valence-electron chi connectivity index (χ4n) is 3.92. The lowest BCUT2D eigenvalue weighted by molar-refractivity contribution is -0.676. The van der Waals surface area contributed by atoms with Crippen LogP contribution >= 0.6 is 0 Å². The summed E-state index contributed by atoms with van der Waals surface area (Å²) in [6.07, 6.45) is 2.52. The molecule has 1 amide bonds. The van der Waals surface area contributed by atoms with Crippen molar-refractivity contribution in [3.63, 3.8) is 0 Å². The lowest BCUT2D eigenvalue weighted by Gasteiger charge is -2.07. The molecule has 0 fully saturated rings. The number of carbonyl (C=O) groups excluding carboxylic acids is 1. The molecule has 6 N–H and O–H groups in total.